The van der Waals surface area contributed by atoms with Gasteiger partial charge in [-0.15, -0.1) is 5.10 Å². The number of anilines is 2. The first-order valence-electron chi connectivity index (χ1n) is 7.90. The number of nitrogens with one attached hydrogen (secondary N) is 1. The summed E-state index contributed by atoms with van der Waals surface area (Å²) in [5, 5.41) is 16.3. The third kappa shape index (κ3) is 4.84. The van der Waals surface area contributed by atoms with E-state index >= 15 is 0 Å². The summed E-state index contributed by atoms with van der Waals surface area (Å²) in [5.41, 5.74) is 0.996. The van der Waals surface area contributed by atoms with Crippen molar-refractivity contribution in [3.05, 3.63) is 36.0 Å². The van der Waals surface area contributed by atoms with Crippen molar-refractivity contribution in [2.75, 3.05) is 43.1 Å². The zero-order valence-electron chi connectivity index (χ0n) is 13.6. The summed E-state index contributed by atoms with van der Waals surface area (Å²) >= 11 is 0. The summed E-state index contributed by atoms with van der Waals surface area (Å²) in [6.07, 6.45) is 2.29. The van der Waals surface area contributed by atoms with Crippen molar-refractivity contribution >= 4 is 21.8 Å². The molecular weight excluding hydrogens is 344 g/mol. The molecule has 10 heteroatoms. The van der Waals surface area contributed by atoms with E-state index in [2.05, 4.69) is 20.5 Å². The number of morpholine rings is 1. The molecular formula is C15H20N6O3S. The Morgan fingerprint density at radius 3 is 2.60 bits per heavy atom. The molecule has 1 aliphatic heterocycles. The predicted octanol–water partition coefficient (Wildman–Crippen LogP) is 0.0102. The van der Waals surface area contributed by atoms with Crippen LogP contribution < -0.4 is 15.4 Å². The van der Waals surface area contributed by atoms with Gasteiger partial charge in [0.1, 0.15) is 0 Å². The summed E-state index contributed by atoms with van der Waals surface area (Å²) in [4.78, 5) is 6.61. The minimum absolute atomic E-state index is 0.111. The van der Waals surface area contributed by atoms with E-state index < -0.39 is 10.0 Å². The number of benzene rings is 1. The fourth-order valence-electron chi connectivity index (χ4n) is 2.46. The van der Waals surface area contributed by atoms with Crippen LogP contribution >= 0.6 is 0 Å². The molecule has 0 radical (unpaired) electrons. The summed E-state index contributed by atoms with van der Waals surface area (Å²) in [5.74, 6) is 1.24. The molecule has 2 aromatic rings. The van der Waals surface area contributed by atoms with Gasteiger partial charge in [-0.05, 0) is 24.1 Å². The SMILES string of the molecule is NS(=O)(=O)c1ccc(CCNc2cnnc(N3CCOCC3)n2)cc1. The number of nitrogens with two attached hydrogens (primary N) is 1. The van der Waals surface area contributed by atoms with Gasteiger partial charge < -0.3 is 15.0 Å². The molecule has 1 aliphatic rings. The van der Waals surface area contributed by atoms with Gasteiger partial charge in [0.2, 0.25) is 16.0 Å². The average molecular weight is 364 g/mol. The smallest absolute Gasteiger partial charge is 0.247 e. The van der Waals surface area contributed by atoms with Crippen LogP contribution in [0.25, 0.3) is 0 Å². The van der Waals surface area contributed by atoms with Crippen LogP contribution in [0, 0.1) is 0 Å². The van der Waals surface area contributed by atoms with E-state index in [0.29, 0.717) is 37.9 Å². The van der Waals surface area contributed by atoms with Crippen LogP contribution in [-0.2, 0) is 21.2 Å². The number of sulfonamides is 1. The Hall–Kier alpha value is -2.30. The van der Waals surface area contributed by atoms with E-state index in [1.807, 2.05) is 4.90 Å². The summed E-state index contributed by atoms with van der Waals surface area (Å²) in [6.45, 7) is 3.46. The summed E-state index contributed by atoms with van der Waals surface area (Å²) in [6, 6.07) is 6.51. The summed E-state index contributed by atoms with van der Waals surface area (Å²) < 4.78 is 27.8. The Labute approximate surface area is 146 Å². The lowest BCUT2D eigenvalue weighted by atomic mass is 10.1. The largest absolute Gasteiger partial charge is 0.378 e. The number of nitrogens with zero attached hydrogens (tertiary/aromatic N) is 4. The van der Waals surface area contributed by atoms with Crippen LogP contribution in [-0.4, -0.2) is 56.4 Å². The lowest BCUT2D eigenvalue weighted by Gasteiger charge is -2.26. The Morgan fingerprint density at radius 2 is 1.92 bits per heavy atom. The van der Waals surface area contributed by atoms with Crippen molar-refractivity contribution in [3.63, 3.8) is 0 Å². The van der Waals surface area contributed by atoms with E-state index in [1.165, 1.54) is 12.1 Å². The Balaban J connectivity index is 1.55. The molecule has 0 aliphatic carbocycles. The van der Waals surface area contributed by atoms with E-state index in [0.717, 1.165) is 18.7 Å². The third-order valence-electron chi connectivity index (χ3n) is 3.81. The highest BCUT2D eigenvalue weighted by Crippen LogP contribution is 2.12. The Morgan fingerprint density at radius 1 is 1.20 bits per heavy atom. The van der Waals surface area contributed by atoms with Gasteiger partial charge in [0.15, 0.2) is 5.82 Å². The van der Waals surface area contributed by atoms with Gasteiger partial charge in [-0.1, -0.05) is 12.1 Å². The normalized spacial score (nSPS) is 15.2. The molecule has 134 valence electrons. The van der Waals surface area contributed by atoms with Crippen LogP contribution in [0.3, 0.4) is 0 Å². The number of rotatable bonds is 6. The number of ether oxygens (including phenoxy) is 1. The highest BCUT2D eigenvalue weighted by Gasteiger charge is 2.14. The highest BCUT2D eigenvalue weighted by atomic mass is 32.2. The van der Waals surface area contributed by atoms with Crippen LogP contribution in [0.4, 0.5) is 11.8 Å². The fourth-order valence-corrected chi connectivity index (χ4v) is 2.97. The minimum atomic E-state index is -3.65. The van der Waals surface area contributed by atoms with Crippen molar-refractivity contribution in [1.29, 1.82) is 0 Å². The first-order chi connectivity index (χ1) is 12.0. The van der Waals surface area contributed by atoms with Gasteiger partial charge in [-0.2, -0.15) is 10.1 Å². The van der Waals surface area contributed by atoms with E-state index in [1.54, 1.807) is 18.3 Å². The van der Waals surface area contributed by atoms with E-state index in [-0.39, 0.29) is 4.90 Å². The van der Waals surface area contributed by atoms with Crippen molar-refractivity contribution in [2.24, 2.45) is 5.14 Å². The van der Waals surface area contributed by atoms with Gasteiger partial charge in [-0.3, -0.25) is 0 Å². The number of primary sulfonamides is 1. The second-order valence-corrected chi connectivity index (χ2v) is 7.17. The molecule has 0 atom stereocenters. The van der Waals surface area contributed by atoms with Crippen molar-refractivity contribution < 1.29 is 13.2 Å². The molecule has 0 amide bonds. The monoisotopic (exact) mass is 364 g/mol. The van der Waals surface area contributed by atoms with Crippen LogP contribution in [0.15, 0.2) is 35.4 Å². The molecule has 3 rings (SSSR count). The van der Waals surface area contributed by atoms with Crippen LogP contribution in [0.2, 0.25) is 0 Å². The maximum absolute atomic E-state index is 11.2. The lowest BCUT2D eigenvalue weighted by Crippen LogP contribution is -2.37. The average Bonchev–Trinajstić information content (AvgIpc) is 2.62. The zero-order valence-corrected chi connectivity index (χ0v) is 14.4. The summed E-state index contributed by atoms with van der Waals surface area (Å²) in [7, 11) is -3.65. The molecule has 0 spiro atoms. The first-order valence-corrected chi connectivity index (χ1v) is 9.45. The second-order valence-electron chi connectivity index (χ2n) is 5.61. The molecule has 1 fully saturated rings. The molecule has 0 bridgehead atoms. The molecule has 0 unspecified atom stereocenters. The highest BCUT2D eigenvalue weighted by molar-refractivity contribution is 7.89. The zero-order chi connectivity index (χ0) is 17.7. The van der Waals surface area contributed by atoms with Crippen molar-refractivity contribution in [1.82, 2.24) is 15.2 Å². The standard InChI is InChI=1S/C15H20N6O3S/c16-25(22,23)13-3-1-12(2-4-13)5-6-17-14-11-18-20-15(19-14)21-7-9-24-10-8-21/h1-4,11H,5-10H2,(H2,16,22,23)(H,17,19,20). The van der Waals surface area contributed by atoms with Crippen molar-refractivity contribution in [3.8, 4) is 0 Å². The number of hydrogen-bond acceptors (Lipinski definition) is 8. The molecule has 1 saturated heterocycles. The van der Waals surface area contributed by atoms with Crippen LogP contribution in [0.1, 0.15) is 5.56 Å². The molecule has 3 N–H and O–H groups in total. The minimum Gasteiger partial charge on any atom is -0.378 e. The maximum atomic E-state index is 11.2. The molecule has 9 nitrogen and oxygen atoms in total. The molecule has 1 aromatic heterocycles. The molecule has 2 heterocycles. The Bertz CT molecular complexity index is 806. The maximum Gasteiger partial charge on any atom is 0.247 e. The van der Waals surface area contributed by atoms with Gasteiger partial charge in [0.25, 0.3) is 0 Å². The molecule has 1 aromatic carbocycles. The fraction of sp³-hybridized carbons (Fsp3) is 0.400. The predicted molar refractivity (Wildman–Crippen MR) is 92.9 cm³/mol. The molecule has 25 heavy (non-hydrogen) atoms. The van der Waals surface area contributed by atoms with E-state index in [9.17, 15) is 8.42 Å². The lowest BCUT2D eigenvalue weighted by molar-refractivity contribution is 0.122. The molecule has 0 saturated carbocycles. The second kappa shape index (κ2) is 7.72. The first kappa shape index (κ1) is 17.5. The van der Waals surface area contributed by atoms with Gasteiger partial charge >= 0.3 is 0 Å². The quantitative estimate of drug-likeness (QED) is 0.735. The number of hydrogen-bond donors (Lipinski definition) is 2. The van der Waals surface area contributed by atoms with Gasteiger partial charge in [0.05, 0.1) is 24.3 Å². The van der Waals surface area contributed by atoms with Crippen molar-refractivity contribution in [2.45, 2.75) is 11.3 Å². The third-order valence-corrected chi connectivity index (χ3v) is 4.74. The van der Waals surface area contributed by atoms with Gasteiger partial charge in [-0.25, -0.2) is 13.6 Å². The topological polar surface area (TPSA) is 123 Å². The van der Waals surface area contributed by atoms with Crippen LogP contribution in [0.5, 0.6) is 0 Å². The van der Waals surface area contributed by atoms with Gasteiger partial charge in [0, 0.05) is 19.6 Å². The van der Waals surface area contributed by atoms with E-state index in [4.69, 9.17) is 9.88 Å². The number of aromatic nitrogens is 3. The Kier molecular flexibility index (Phi) is 5.41.